The molecule has 136 valence electrons. The monoisotopic (exact) mass is 356 g/mol. The minimum absolute atomic E-state index is 0.0923. The highest BCUT2D eigenvalue weighted by atomic mass is 31.2. The van der Waals surface area contributed by atoms with Crippen molar-refractivity contribution in [3.05, 3.63) is 0 Å². The van der Waals surface area contributed by atoms with Crippen LogP contribution in [0.3, 0.4) is 0 Å². The van der Waals surface area contributed by atoms with Gasteiger partial charge in [0.25, 0.3) is 0 Å². The van der Waals surface area contributed by atoms with E-state index >= 15 is 0 Å². The number of rotatable bonds is 2. The molecule has 2 heteroatoms. The van der Waals surface area contributed by atoms with Crippen LogP contribution in [-0.4, -0.2) is 26.5 Å². The molecule has 0 unspecified atom stereocenters. The molecule has 0 amide bonds. The van der Waals surface area contributed by atoms with Crippen molar-refractivity contribution in [1.29, 1.82) is 0 Å². The van der Waals surface area contributed by atoms with Gasteiger partial charge in [-0.2, -0.15) is 0 Å². The van der Waals surface area contributed by atoms with Crippen molar-refractivity contribution in [2.24, 2.45) is 0 Å². The predicted molar refractivity (Wildman–Crippen MR) is 112 cm³/mol. The first-order valence-corrected chi connectivity index (χ1v) is 13.0. The van der Waals surface area contributed by atoms with E-state index in [0.29, 0.717) is 20.6 Å². The van der Waals surface area contributed by atoms with Crippen LogP contribution in [0.1, 0.15) is 107 Å². The van der Waals surface area contributed by atoms with Gasteiger partial charge in [-0.15, -0.1) is 0 Å². The standard InChI is InChI=1S/C21H42P2/c1-18(2)13-9-10-14-19(3,4)22(18)17-23-20(5,6)15-11-12-16-21(23,7)8/h9-17H2,1-8H3. The summed E-state index contributed by atoms with van der Waals surface area (Å²) in [6.45, 7) is 20.9. The first kappa shape index (κ1) is 20.2. The normalized spacial score (nSPS) is 31.3. The molecule has 0 N–H and O–H groups in total. The number of hydrogen-bond donors (Lipinski definition) is 0. The van der Waals surface area contributed by atoms with Crippen LogP contribution in [0.5, 0.6) is 0 Å². The molecule has 0 radical (unpaired) electrons. The maximum absolute atomic E-state index is 2.61. The lowest BCUT2D eigenvalue weighted by atomic mass is 10.0. The van der Waals surface area contributed by atoms with Gasteiger partial charge in [0.2, 0.25) is 0 Å². The average molecular weight is 357 g/mol. The second kappa shape index (κ2) is 6.88. The lowest BCUT2D eigenvalue weighted by molar-refractivity contribution is 0.563. The summed E-state index contributed by atoms with van der Waals surface area (Å²) in [6, 6.07) is 0. The van der Waals surface area contributed by atoms with Gasteiger partial charge in [-0.1, -0.05) is 96.9 Å². The average Bonchev–Trinajstić information content (AvgIpc) is 2.54. The summed E-state index contributed by atoms with van der Waals surface area (Å²) < 4.78 is 0. The molecule has 2 rings (SSSR count). The maximum Gasteiger partial charge on any atom is -0.0101 e. The molecule has 2 fully saturated rings. The first-order chi connectivity index (χ1) is 10.4. The summed E-state index contributed by atoms with van der Waals surface area (Å²) in [5.41, 5.74) is 0. The highest BCUT2D eigenvalue weighted by molar-refractivity contribution is 7.77. The molecule has 0 aromatic heterocycles. The van der Waals surface area contributed by atoms with E-state index in [0.717, 1.165) is 0 Å². The molecule has 2 aliphatic rings. The van der Waals surface area contributed by atoms with Crippen LogP contribution >= 0.6 is 15.8 Å². The third-order valence-corrected chi connectivity index (χ3v) is 15.9. The van der Waals surface area contributed by atoms with Crippen LogP contribution in [0.15, 0.2) is 0 Å². The van der Waals surface area contributed by atoms with Gasteiger partial charge in [-0.3, -0.25) is 0 Å². The van der Waals surface area contributed by atoms with E-state index in [1.54, 1.807) is 5.90 Å². The maximum atomic E-state index is 2.61. The molecular formula is C21H42P2. The van der Waals surface area contributed by atoms with Crippen LogP contribution in [0, 0.1) is 0 Å². The zero-order valence-electron chi connectivity index (χ0n) is 17.3. The Kier molecular flexibility index (Phi) is 6.03. The Morgan fingerprint density at radius 1 is 0.478 bits per heavy atom. The first-order valence-electron chi connectivity index (χ1n) is 9.94. The highest BCUT2D eigenvalue weighted by Crippen LogP contribution is 2.75. The Hall–Kier alpha value is 0.860. The Morgan fingerprint density at radius 3 is 0.913 bits per heavy atom. The van der Waals surface area contributed by atoms with Gasteiger partial charge in [0.1, 0.15) is 0 Å². The van der Waals surface area contributed by atoms with Crippen molar-refractivity contribution in [1.82, 2.24) is 0 Å². The van der Waals surface area contributed by atoms with E-state index in [9.17, 15) is 0 Å². The van der Waals surface area contributed by atoms with Crippen LogP contribution in [0.2, 0.25) is 0 Å². The lowest BCUT2D eigenvalue weighted by Gasteiger charge is -2.51. The van der Waals surface area contributed by atoms with E-state index in [1.807, 2.05) is 0 Å². The second-order valence-corrected chi connectivity index (χ2v) is 18.3. The molecule has 0 atom stereocenters. The molecule has 0 aromatic rings. The summed E-state index contributed by atoms with van der Waals surface area (Å²) in [6.07, 6.45) is 11.7. The summed E-state index contributed by atoms with van der Waals surface area (Å²) in [7, 11) is 0.185. The third kappa shape index (κ3) is 4.53. The van der Waals surface area contributed by atoms with Crippen LogP contribution < -0.4 is 0 Å². The topological polar surface area (TPSA) is 0 Å². The third-order valence-electron chi connectivity index (χ3n) is 6.86. The van der Waals surface area contributed by atoms with Crippen molar-refractivity contribution < 1.29 is 0 Å². The summed E-state index contributed by atoms with van der Waals surface area (Å²) in [5, 5.41) is 2.32. The predicted octanol–water partition coefficient (Wildman–Crippen LogP) is 8.17. The fourth-order valence-corrected chi connectivity index (χ4v) is 17.6. The van der Waals surface area contributed by atoms with Gasteiger partial charge < -0.3 is 0 Å². The lowest BCUT2D eigenvalue weighted by Crippen LogP contribution is -2.34. The largest absolute Gasteiger partial charge is 0.0906 e. The fraction of sp³-hybridized carbons (Fsp3) is 1.00. The molecule has 23 heavy (non-hydrogen) atoms. The molecule has 0 nitrogen and oxygen atoms in total. The van der Waals surface area contributed by atoms with Crippen molar-refractivity contribution in [3.63, 3.8) is 0 Å². The van der Waals surface area contributed by atoms with E-state index in [4.69, 9.17) is 0 Å². The van der Waals surface area contributed by atoms with Gasteiger partial charge in [-0.05, 0) is 52.2 Å². The highest BCUT2D eigenvalue weighted by Gasteiger charge is 2.48. The molecule has 0 spiro atoms. The fourth-order valence-electron chi connectivity index (χ4n) is 5.32. The molecule has 0 aliphatic carbocycles. The Bertz CT molecular complexity index is 332. The molecular weight excluding hydrogens is 314 g/mol. The number of hydrogen-bond acceptors (Lipinski definition) is 0. The van der Waals surface area contributed by atoms with Crippen LogP contribution in [-0.2, 0) is 0 Å². The Balaban J connectivity index is 2.34. The van der Waals surface area contributed by atoms with E-state index in [1.165, 1.54) is 51.4 Å². The molecule has 2 heterocycles. The van der Waals surface area contributed by atoms with Crippen LogP contribution in [0.4, 0.5) is 0 Å². The van der Waals surface area contributed by atoms with E-state index in [2.05, 4.69) is 55.4 Å². The molecule has 0 bridgehead atoms. The van der Waals surface area contributed by atoms with Crippen molar-refractivity contribution in [2.45, 2.75) is 127 Å². The SMILES string of the molecule is CC1(C)CCCCC(C)(C)P1CP1C(C)(C)CCCCC1(C)C. The van der Waals surface area contributed by atoms with E-state index in [-0.39, 0.29) is 15.8 Å². The smallest absolute Gasteiger partial charge is 0.0101 e. The van der Waals surface area contributed by atoms with Gasteiger partial charge >= 0.3 is 0 Å². The Labute approximate surface area is 149 Å². The van der Waals surface area contributed by atoms with Crippen molar-refractivity contribution in [3.8, 4) is 0 Å². The zero-order chi connectivity index (χ0) is 17.5. The van der Waals surface area contributed by atoms with E-state index < -0.39 is 0 Å². The van der Waals surface area contributed by atoms with Gasteiger partial charge in [0, 0.05) is 0 Å². The minimum Gasteiger partial charge on any atom is -0.0906 e. The summed E-state index contributed by atoms with van der Waals surface area (Å²) in [5.74, 6) is 1.57. The van der Waals surface area contributed by atoms with Crippen molar-refractivity contribution >= 4 is 15.8 Å². The molecule has 0 aromatic carbocycles. The Morgan fingerprint density at radius 2 is 0.696 bits per heavy atom. The molecule has 2 saturated heterocycles. The molecule has 2 aliphatic heterocycles. The minimum atomic E-state index is 0.0923. The van der Waals surface area contributed by atoms with Crippen LogP contribution in [0.25, 0.3) is 0 Å². The summed E-state index contributed by atoms with van der Waals surface area (Å²) >= 11 is 0. The summed E-state index contributed by atoms with van der Waals surface area (Å²) in [4.78, 5) is 0. The molecule has 0 saturated carbocycles. The van der Waals surface area contributed by atoms with Gasteiger partial charge in [0.15, 0.2) is 0 Å². The second-order valence-electron chi connectivity index (χ2n) is 10.7. The zero-order valence-corrected chi connectivity index (χ0v) is 19.0. The van der Waals surface area contributed by atoms with Crippen molar-refractivity contribution in [2.75, 3.05) is 5.90 Å². The van der Waals surface area contributed by atoms with Gasteiger partial charge in [-0.25, -0.2) is 0 Å². The van der Waals surface area contributed by atoms with Gasteiger partial charge in [0.05, 0.1) is 0 Å². The quantitative estimate of drug-likeness (QED) is 0.438.